The molecule has 1 aliphatic heterocycles. The molecule has 1 saturated heterocycles. The van der Waals surface area contributed by atoms with Crippen molar-refractivity contribution in [3.63, 3.8) is 0 Å². The number of piperidine rings is 1. The Kier molecular flexibility index (Phi) is 8.50. The zero-order chi connectivity index (χ0) is 26.4. The van der Waals surface area contributed by atoms with Crippen LogP contribution >= 0.6 is 0 Å². The lowest BCUT2D eigenvalue weighted by molar-refractivity contribution is 0.0772. The average molecular weight is 504 g/mol. The monoisotopic (exact) mass is 503 g/mol. The number of hydrogen-bond acceptors (Lipinski definition) is 5. The van der Waals surface area contributed by atoms with Gasteiger partial charge in [-0.25, -0.2) is 4.39 Å². The van der Waals surface area contributed by atoms with Crippen molar-refractivity contribution in [3.8, 4) is 0 Å². The third-order valence-electron chi connectivity index (χ3n) is 7.02. The Bertz CT molecular complexity index is 1210. The number of primary amides is 1. The Morgan fingerprint density at radius 1 is 1.00 bits per heavy atom. The van der Waals surface area contributed by atoms with Gasteiger partial charge in [-0.3, -0.25) is 19.5 Å². The summed E-state index contributed by atoms with van der Waals surface area (Å²) in [5, 5.41) is 0. The van der Waals surface area contributed by atoms with E-state index in [1.165, 1.54) is 11.6 Å². The summed E-state index contributed by atoms with van der Waals surface area (Å²) in [6, 6.07) is 16.1. The maximum atomic E-state index is 15.6. The van der Waals surface area contributed by atoms with Crippen LogP contribution in [0.15, 0.2) is 67.0 Å². The number of carbonyl (C=O) groups is 2. The Morgan fingerprint density at radius 2 is 1.65 bits per heavy atom. The number of hydrogen-bond donors (Lipinski definition) is 1. The van der Waals surface area contributed by atoms with Gasteiger partial charge in [-0.05, 0) is 80.8 Å². The van der Waals surface area contributed by atoms with Crippen LogP contribution in [0.2, 0.25) is 0 Å². The minimum absolute atomic E-state index is 0.00986. The molecule has 0 saturated carbocycles. The van der Waals surface area contributed by atoms with E-state index in [2.05, 4.69) is 9.88 Å². The molecule has 0 aliphatic carbocycles. The van der Waals surface area contributed by atoms with Crippen molar-refractivity contribution in [1.29, 1.82) is 0 Å². The highest BCUT2D eigenvalue weighted by atomic mass is 19.1. The van der Waals surface area contributed by atoms with Gasteiger partial charge >= 0.3 is 0 Å². The van der Waals surface area contributed by atoms with E-state index < -0.39 is 11.7 Å². The smallest absolute Gasteiger partial charge is 0.253 e. The molecule has 0 radical (unpaired) electrons. The summed E-state index contributed by atoms with van der Waals surface area (Å²) in [5.74, 6) is -1.46. The van der Waals surface area contributed by atoms with Crippen molar-refractivity contribution in [2.24, 2.45) is 5.73 Å². The summed E-state index contributed by atoms with van der Waals surface area (Å²) in [6.45, 7) is 7.69. The predicted molar refractivity (Wildman–Crippen MR) is 143 cm³/mol. The van der Waals surface area contributed by atoms with Crippen LogP contribution in [0.4, 0.5) is 15.8 Å². The number of nitrogens with zero attached hydrogens (tertiary/aromatic N) is 4. The number of likely N-dealkylation sites (tertiary alicyclic amines) is 1. The quantitative estimate of drug-likeness (QED) is 0.461. The molecule has 194 valence electrons. The molecule has 8 heteroatoms. The summed E-state index contributed by atoms with van der Waals surface area (Å²) >= 11 is 0. The minimum Gasteiger partial charge on any atom is -0.366 e. The first-order valence-electron chi connectivity index (χ1n) is 12.8. The van der Waals surface area contributed by atoms with Crippen molar-refractivity contribution in [2.75, 3.05) is 31.1 Å². The number of pyridine rings is 1. The number of halogens is 1. The standard InChI is InChI=1S/C29H34FN5O2/c1-3-34(4-2)29(37)22-8-10-23(11-9-22)35(26-7-5-6-25(27(26)30)28(31)36)24-14-18-33(19-15-24)20-21-12-16-32-17-13-21/h5-13,16-17,24H,3-4,14-15,18-20H2,1-2H3,(H2,31,36). The van der Waals surface area contributed by atoms with E-state index in [0.717, 1.165) is 38.2 Å². The third-order valence-corrected chi connectivity index (χ3v) is 7.02. The maximum Gasteiger partial charge on any atom is 0.253 e. The topological polar surface area (TPSA) is 82.8 Å². The minimum atomic E-state index is -0.799. The van der Waals surface area contributed by atoms with E-state index in [1.807, 2.05) is 43.0 Å². The highest BCUT2D eigenvalue weighted by molar-refractivity contribution is 5.95. The van der Waals surface area contributed by atoms with Gasteiger partial charge in [0.1, 0.15) is 0 Å². The first kappa shape index (κ1) is 26.3. The molecule has 4 rings (SSSR count). The van der Waals surface area contributed by atoms with E-state index >= 15 is 4.39 Å². The Morgan fingerprint density at radius 3 is 2.24 bits per heavy atom. The zero-order valence-electron chi connectivity index (χ0n) is 21.4. The molecule has 0 bridgehead atoms. The van der Waals surface area contributed by atoms with Crippen molar-refractivity contribution >= 4 is 23.2 Å². The first-order valence-corrected chi connectivity index (χ1v) is 12.8. The number of nitrogens with two attached hydrogens (primary N) is 1. The van der Waals surface area contributed by atoms with Crippen LogP contribution in [0.5, 0.6) is 0 Å². The van der Waals surface area contributed by atoms with Gasteiger partial charge in [0.15, 0.2) is 5.82 Å². The fourth-order valence-corrected chi connectivity index (χ4v) is 4.98. The van der Waals surface area contributed by atoms with Gasteiger partial charge in [0.25, 0.3) is 11.8 Å². The molecule has 1 aliphatic rings. The summed E-state index contributed by atoms with van der Waals surface area (Å²) in [5.41, 5.74) is 8.19. The molecule has 0 spiro atoms. The predicted octanol–water partition coefficient (Wildman–Crippen LogP) is 4.60. The van der Waals surface area contributed by atoms with E-state index in [9.17, 15) is 9.59 Å². The number of amides is 2. The van der Waals surface area contributed by atoms with Gasteiger partial charge in [0.2, 0.25) is 0 Å². The number of rotatable bonds is 9. The van der Waals surface area contributed by atoms with Crippen LogP contribution in [0.25, 0.3) is 0 Å². The van der Waals surface area contributed by atoms with Crippen LogP contribution in [0.3, 0.4) is 0 Å². The molecule has 1 fully saturated rings. The molecule has 3 aromatic rings. The summed E-state index contributed by atoms with van der Waals surface area (Å²) in [7, 11) is 0. The van der Waals surface area contributed by atoms with Gasteiger partial charge in [0.05, 0.1) is 11.3 Å². The van der Waals surface area contributed by atoms with Crippen molar-refractivity contribution < 1.29 is 14.0 Å². The van der Waals surface area contributed by atoms with Gasteiger partial charge in [-0.2, -0.15) is 0 Å². The van der Waals surface area contributed by atoms with E-state index in [-0.39, 0.29) is 17.5 Å². The fourth-order valence-electron chi connectivity index (χ4n) is 4.98. The number of carbonyl (C=O) groups excluding carboxylic acids is 2. The highest BCUT2D eigenvalue weighted by Crippen LogP contribution is 2.35. The molecular formula is C29H34FN5O2. The number of anilines is 2. The summed E-state index contributed by atoms with van der Waals surface area (Å²) in [4.78, 5) is 34.9. The Hall–Kier alpha value is -3.78. The van der Waals surface area contributed by atoms with Crippen LogP contribution in [0.1, 0.15) is 53.0 Å². The molecule has 0 atom stereocenters. The molecule has 2 aromatic carbocycles. The molecular weight excluding hydrogens is 469 g/mol. The molecule has 2 heterocycles. The van der Waals surface area contributed by atoms with E-state index in [4.69, 9.17) is 5.73 Å². The van der Waals surface area contributed by atoms with Crippen LogP contribution in [-0.2, 0) is 6.54 Å². The normalized spacial score (nSPS) is 14.4. The van der Waals surface area contributed by atoms with Crippen LogP contribution < -0.4 is 10.6 Å². The lowest BCUT2D eigenvalue weighted by Gasteiger charge is -2.40. The molecule has 2 amide bonds. The van der Waals surface area contributed by atoms with Gasteiger partial charge in [0, 0.05) is 62.4 Å². The SMILES string of the molecule is CCN(CC)C(=O)c1ccc(N(c2cccc(C(N)=O)c2F)C2CCN(Cc3ccncc3)CC2)cc1. The Balaban J connectivity index is 1.62. The van der Waals surface area contributed by atoms with Crippen molar-refractivity contribution in [3.05, 3.63) is 89.5 Å². The van der Waals surface area contributed by atoms with Crippen LogP contribution in [0, 0.1) is 5.82 Å². The second kappa shape index (κ2) is 12.0. The third kappa shape index (κ3) is 5.97. The second-order valence-corrected chi connectivity index (χ2v) is 9.26. The summed E-state index contributed by atoms with van der Waals surface area (Å²) < 4.78 is 15.6. The van der Waals surface area contributed by atoms with Crippen LogP contribution in [-0.4, -0.2) is 58.8 Å². The van der Waals surface area contributed by atoms with E-state index in [1.54, 1.807) is 41.6 Å². The van der Waals surface area contributed by atoms with Gasteiger partial charge in [-0.15, -0.1) is 0 Å². The Labute approximate surface area is 217 Å². The van der Waals surface area contributed by atoms with Crippen molar-refractivity contribution in [1.82, 2.24) is 14.8 Å². The number of aromatic nitrogens is 1. The summed E-state index contributed by atoms with van der Waals surface area (Å²) in [6.07, 6.45) is 5.22. The van der Waals surface area contributed by atoms with E-state index in [0.29, 0.717) is 24.3 Å². The van der Waals surface area contributed by atoms with Crippen molar-refractivity contribution in [2.45, 2.75) is 39.3 Å². The lowest BCUT2D eigenvalue weighted by atomic mass is 9.99. The molecule has 0 unspecified atom stereocenters. The fraction of sp³-hybridized carbons (Fsp3) is 0.345. The lowest BCUT2D eigenvalue weighted by Crippen LogP contribution is -2.43. The highest BCUT2D eigenvalue weighted by Gasteiger charge is 2.29. The average Bonchev–Trinajstić information content (AvgIpc) is 2.92. The largest absolute Gasteiger partial charge is 0.366 e. The zero-order valence-corrected chi connectivity index (χ0v) is 21.4. The molecule has 1 aromatic heterocycles. The number of benzene rings is 2. The van der Waals surface area contributed by atoms with Gasteiger partial charge in [-0.1, -0.05) is 6.07 Å². The maximum absolute atomic E-state index is 15.6. The first-order chi connectivity index (χ1) is 17.9. The van der Waals surface area contributed by atoms with Gasteiger partial charge < -0.3 is 15.5 Å². The second-order valence-electron chi connectivity index (χ2n) is 9.26. The molecule has 37 heavy (non-hydrogen) atoms. The molecule has 7 nitrogen and oxygen atoms in total. The molecule has 2 N–H and O–H groups in total.